The summed E-state index contributed by atoms with van der Waals surface area (Å²) in [5, 5.41) is 14.1. The average molecular weight is 434 g/mol. The Hall–Kier alpha value is -4.05. The van der Waals surface area contributed by atoms with Gasteiger partial charge in [0.05, 0.1) is 12.2 Å². The number of anilines is 2. The van der Waals surface area contributed by atoms with Crippen LogP contribution in [-0.4, -0.2) is 38.9 Å². The van der Waals surface area contributed by atoms with Crippen molar-refractivity contribution in [1.29, 1.82) is 0 Å². The van der Waals surface area contributed by atoms with E-state index >= 15 is 0 Å². The first kappa shape index (κ1) is 20.2. The number of fused-ring (bicyclic) bond motifs is 1. The molecule has 0 aliphatic carbocycles. The second-order valence-electron chi connectivity index (χ2n) is 6.61. The summed E-state index contributed by atoms with van der Waals surface area (Å²) in [6.07, 6.45) is 0. The average Bonchev–Trinajstić information content (AvgIpc) is 3.33. The summed E-state index contributed by atoms with van der Waals surface area (Å²) in [5.41, 5.74) is 2.87. The fourth-order valence-electron chi connectivity index (χ4n) is 2.88. The molecular weight excluding hydrogens is 416 g/mol. The maximum Gasteiger partial charge on any atom is 0.251 e. The first-order valence-electron chi connectivity index (χ1n) is 9.35. The highest BCUT2D eigenvalue weighted by molar-refractivity contribution is 7.15. The van der Waals surface area contributed by atoms with Crippen molar-refractivity contribution in [1.82, 2.24) is 19.9 Å². The lowest BCUT2D eigenvalue weighted by Gasteiger charge is -2.05. The Balaban J connectivity index is 1.42. The van der Waals surface area contributed by atoms with E-state index in [9.17, 15) is 14.4 Å². The normalized spacial score (nSPS) is 10.6. The molecule has 2 aromatic heterocycles. The van der Waals surface area contributed by atoms with Crippen molar-refractivity contribution in [2.24, 2.45) is 0 Å². The van der Waals surface area contributed by atoms with Crippen molar-refractivity contribution >= 4 is 45.7 Å². The van der Waals surface area contributed by atoms with Crippen molar-refractivity contribution in [2.45, 2.75) is 6.92 Å². The van der Waals surface area contributed by atoms with Gasteiger partial charge < -0.3 is 10.6 Å². The van der Waals surface area contributed by atoms with Crippen LogP contribution in [0.25, 0.3) is 16.2 Å². The Morgan fingerprint density at radius 3 is 2.45 bits per heavy atom. The van der Waals surface area contributed by atoms with E-state index in [1.54, 1.807) is 40.9 Å². The highest BCUT2D eigenvalue weighted by atomic mass is 32.1. The molecule has 4 aromatic rings. The predicted octanol–water partition coefficient (Wildman–Crippen LogP) is 2.78. The summed E-state index contributed by atoms with van der Waals surface area (Å²) in [5.74, 6) is -0.743. The molecule has 3 N–H and O–H groups in total. The first-order valence-corrected chi connectivity index (χ1v) is 10.2. The molecule has 31 heavy (non-hydrogen) atoms. The standard InChI is InChI=1S/C21H18N6O3S/c1-13(28)23-16-9-7-14(8-10-16)17-12-31-21-25-20(26-27(17)21)24-18(29)11-22-19(30)15-5-3-2-4-6-15/h2-10,12H,11H2,1H3,(H,22,30)(H,23,28)(H,24,26,29). The zero-order valence-electron chi connectivity index (χ0n) is 16.5. The van der Waals surface area contributed by atoms with Crippen LogP contribution in [0.15, 0.2) is 60.0 Å². The molecule has 0 atom stereocenters. The van der Waals surface area contributed by atoms with E-state index in [1.165, 1.54) is 18.3 Å². The maximum atomic E-state index is 12.2. The van der Waals surface area contributed by atoms with Gasteiger partial charge in [0.1, 0.15) is 0 Å². The van der Waals surface area contributed by atoms with Crippen LogP contribution < -0.4 is 16.0 Å². The van der Waals surface area contributed by atoms with E-state index in [2.05, 4.69) is 26.0 Å². The second kappa shape index (κ2) is 8.76. The summed E-state index contributed by atoms with van der Waals surface area (Å²) in [4.78, 5) is 40.3. The minimum Gasteiger partial charge on any atom is -0.343 e. The van der Waals surface area contributed by atoms with Crippen molar-refractivity contribution in [2.75, 3.05) is 17.2 Å². The number of hydrogen-bond donors (Lipinski definition) is 3. The van der Waals surface area contributed by atoms with Crippen molar-refractivity contribution < 1.29 is 14.4 Å². The van der Waals surface area contributed by atoms with Gasteiger partial charge in [0.15, 0.2) is 0 Å². The molecule has 3 amide bonds. The first-order chi connectivity index (χ1) is 15.0. The highest BCUT2D eigenvalue weighted by Crippen LogP contribution is 2.27. The number of nitrogens with zero attached hydrogens (tertiary/aromatic N) is 3. The molecule has 0 aliphatic rings. The SMILES string of the molecule is CC(=O)Nc1ccc(-c2csc3nc(NC(=O)CNC(=O)c4ccccc4)nn23)cc1. The van der Waals surface area contributed by atoms with E-state index in [0.717, 1.165) is 11.3 Å². The zero-order valence-corrected chi connectivity index (χ0v) is 17.3. The number of hydrogen-bond acceptors (Lipinski definition) is 6. The molecule has 2 aromatic carbocycles. The lowest BCUT2D eigenvalue weighted by molar-refractivity contribution is -0.115. The molecule has 0 spiro atoms. The van der Waals surface area contributed by atoms with Gasteiger partial charge in [-0.05, 0) is 24.3 Å². The van der Waals surface area contributed by atoms with E-state index in [4.69, 9.17) is 0 Å². The molecule has 0 saturated heterocycles. The van der Waals surface area contributed by atoms with Crippen molar-refractivity contribution in [3.8, 4) is 11.3 Å². The van der Waals surface area contributed by atoms with Crippen LogP contribution >= 0.6 is 11.3 Å². The Morgan fingerprint density at radius 2 is 1.74 bits per heavy atom. The number of benzene rings is 2. The van der Waals surface area contributed by atoms with E-state index in [1.807, 2.05) is 23.6 Å². The van der Waals surface area contributed by atoms with E-state index in [-0.39, 0.29) is 24.3 Å². The van der Waals surface area contributed by atoms with Gasteiger partial charge in [0.25, 0.3) is 11.9 Å². The molecule has 10 heteroatoms. The third kappa shape index (κ3) is 4.75. The Bertz CT molecular complexity index is 1250. The number of nitrogens with one attached hydrogen (secondary N) is 3. The van der Waals surface area contributed by atoms with Gasteiger partial charge in [-0.25, -0.2) is 4.52 Å². The van der Waals surface area contributed by atoms with Crippen molar-refractivity contribution in [3.05, 3.63) is 65.5 Å². The van der Waals surface area contributed by atoms with Crippen LogP contribution in [0.1, 0.15) is 17.3 Å². The van der Waals surface area contributed by atoms with Crippen LogP contribution in [-0.2, 0) is 9.59 Å². The van der Waals surface area contributed by atoms with Gasteiger partial charge in [-0.3, -0.25) is 19.7 Å². The number of carbonyl (C=O) groups is 3. The molecule has 0 unspecified atom stereocenters. The second-order valence-corrected chi connectivity index (χ2v) is 7.44. The molecule has 0 saturated carbocycles. The van der Waals surface area contributed by atoms with Crippen LogP contribution in [0, 0.1) is 0 Å². The highest BCUT2D eigenvalue weighted by Gasteiger charge is 2.14. The van der Waals surface area contributed by atoms with Gasteiger partial charge in [0, 0.05) is 29.1 Å². The summed E-state index contributed by atoms with van der Waals surface area (Å²) in [7, 11) is 0. The van der Waals surface area contributed by atoms with Crippen molar-refractivity contribution in [3.63, 3.8) is 0 Å². The van der Waals surface area contributed by atoms with Crippen LogP contribution in [0.5, 0.6) is 0 Å². The van der Waals surface area contributed by atoms with Crippen LogP contribution in [0.2, 0.25) is 0 Å². The molecule has 2 heterocycles. The molecule has 156 valence electrons. The van der Waals surface area contributed by atoms with E-state index < -0.39 is 5.91 Å². The fourth-order valence-corrected chi connectivity index (χ4v) is 3.71. The summed E-state index contributed by atoms with van der Waals surface area (Å²) in [6.45, 7) is 1.26. The number of amides is 3. The molecule has 0 radical (unpaired) electrons. The smallest absolute Gasteiger partial charge is 0.251 e. The molecule has 9 nitrogen and oxygen atoms in total. The Kier molecular flexibility index (Phi) is 5.72. The largest absolute Gasteiger partial charge is 0.343 e. The Labute approximate surface area is 181 Å². The van der Waals surface area contributed by atoms with Crippen LogP contribution in [0.4, 0.5) is 11.6 Å². The fraction of sp³-hybridized carbons (Fsp3) is 0.0952. The van der Waals surface area contributed by atoms with Gasteiger partial charge >= 0.3 is 0 Å². The number of aromatic nitrogens is 3. The monoisotopic (exact) mass is 434 g/mol. The minimum absolute atomic E-state index is 0.137. The van der Waals surface area contributed by atoms with Gasteiger partial charge in [-0.15, -0.1) is 16.4 Å². The predicted molar refractivity (Wildman–Crippen MR) is 118 cm³/mol. The van der Waals surface area contributed by atoms with Gasteiger partial charge in [0.2, 0.25) is 16.8 Å². The summed E-state index contributed by atoms with van der Waals surface area (Å²) >= 11 is 1.39. The lowest BCUT2D eigenvalue weighted by atomic mass is 10.1. The van der Waals surface area contributed by atoms with Gasteiger partial charge in [-0.1, -0.05) is 30.3 Å². The lowest BCUT2D eigenvalue weighted by Crippen LogP contribution is -2.33. The number of carbonyl (C=O) groups excluding carboxylic acids is 3. The molecule has 0 fully saturated rings. The molecule has 0 aliphatic heterocycles. The molecular formula is C21H18N6O3S. The number of thiazole rings is 1. The van der Waals surface area contributed by atoms with E-state index in [0.29, 0.717) is 16.2 Å². The maximum absolute atomic E-state index is 12.2. The molecule has 4 rings (SSSR count). The van der Waals surface area contributed by atoms with Gasteiger partial charge in [-0.2, -0.15) is 4.98 Å². The number of rotatable bonds is 6. The quantitative estimate of drug-likeness (QED) is 0.431. The molecule has 0 bridgehead atoms. The summed E-state index contributed by atoms with van der Waals surface area (Å²) < 4.78 is 1.64. The zero-order chi connectivity index (χ0) is 21.8. The third-order valence-corrected chi connectivity index (χ3v) is 5.10. The minimum atomic E-state index is -0.427. The van der Waals surface area contributed by atoms with Crippen LogP contribution in [0.3, 0.4) is 0 Å². The third-order valence-electron chi connectivity index (χ3n) is 4.28. The Morgan fingerprint density at radius 1 is 1.00 bits per heavy atom. The topological polar surface area (TPSA) is 117 Å². The summed E-state index contributed by atoms with van der Waals surface area (Å²) in [6, 6.07) is 16.0.